The summed E-state index contributed by atoms with van der Waals surface area (Å²) in [6.07, 6.45) is 2.54. The maximum Gasteiger partial charge on any atom is 0.265 e. The molecule has 3 heterocycles. The second-order valence-corrected chi connectivity index (χ2v) is 6.65. The maximum absolute atomic E-state index is 12.2. The molecule has 2 aromatic rings. The van der Waals surface area contributed by atoms with Crippen LogP contribution >= 0.6 is 11.5 Å². The van der Waals surface area contributed by atoms with Gasteiger partial charge in [-0.1, -0.05) is 17.5 Å². The van der Waals surface area contributed by atoms with Gasteiger partial charge in [0.15, 0.2) is 0 Å². The van der Waals surface area contributed by atoms with Crippen molar-refractivity contribution in [2.75, 3.05) is 38.1 Å². The van der Waals surface area contributed by atoms with Crippen molar-refractivity contribution in [3.05, 3.63) is 34.5 Å². The Kier molecular flexibility index (Phi) is 5.37. The fourth-order valence-electron chi connectivity index (χ4n) is 2.62. The van der Waals surface area contributed by atoms with Crippen molar-refractivity contribution in [2.45, 2.75) is 19.9 Å². The Morgan fingerprint density at radius 3 is 2.75 bits per heavy atom. The van der Waals surface area contributed by atoms with E-state index in [1.165, 1.54) is 0 Å². The van der Waals surface area contributed by atoms with Crippen LogP contribution in [0.1, 0.15) is 27.9 Å². The second kappa shape index (κ2) is 7.67. The Labute approximate surface area is 145 Å². The van der Waals surface area contributed by atoms with Gasteiger partial charge in [-0.05, 0) is 36.6 Å². The number of nitrogens with zero attached hydrogens (tertiary/aromatic N) is 5. The average molecular weight is 346 g/mol. The van der Waals surface area contributed by atoms with Crippen molar-refractivity contribution in [1.29, 1.82) is 0 Å². The van der Waals surface area contributed by atoms with E-state index in [2.05, 4.69) is 36.7 Å². The van der Waals surface area contributed by atoms with Crippen LogP contribution in [0.5, 0.6) is 0 Å². The Hall–Kier alpha value is -2.06. The summed E-state index contributed by atoms with van der Waals surface area (Å²) in [6, 6.07) is 4.05. The Morgan fingerprint density at radius 1 is 1.29 bits per heavy atom. The van der Waals surface area contributed by atoms with Crippen molar-refractivity contribution < 1.29 is 4.79 Å². The molecule has 0 bridgehead atoms. The molecule has 7 nitrogen and oxygen atoms in total. The number of aromatic nitrogens is 3. The molecule has 0 aromatic carbocycles. The minimum atomic E-state index is -0.120. The fourth-order valence-corrected chi connectivity index (χ4v) is 3.29. The third kappa shape index (κ3) is 3.88. The van der Waals surface area contributed by atoms with Crippen molar-refractivity contribution >= 4 is 23.3 Å². The standard InChI is InChI=1S/C16H22N6OS/c1-3-13-15(24-20-19-13)16(23)18-11-12-4-5-14(17-10-12)22-8-6-21(2)7-9-22/h4-5,10H,3,6-9,11H2,1-2H3,(H,18,23). The molecule has 0 saturated carbocycles. The highest BCUT2D eigenvalue weighted by Gasteiger charge is 2.16. The lowest BCUT2D eigenvalue weighted by Gasteiger charge is -2.33. The number of amides is 1. The number of piperazine rings is 1. The smallest absolute Gasteiger partial charge is 0.265 e. The number of rotatable bonds is 5. The fraction of sp³-hybridized carbons (Fsp3) is 0.500. The third-order valence-electron chi connectivity index (χ3n) is 4.19. The summed E-state index contributed by atoms with van der Waals surface area (Å²) in [5, 5.41) is 6.88. The van der Waals surface area contributed by atoms with Gasteiger partial charge in [-0.3, -0.25) is 4.79 Å². The minimum absolute atomic E-state index is 0.120. The number of carbonyl (C=O) groups excluding carboxylic acids is 1. The molecule has 2 aromatic heterocycles. The topological polar surface area (TPSA) is 74.2 Å². The molecule has 1 fully saturated rings. The van der Waals surface area contributed by atoms with E-state index in [0.29, 0.717) is 17.8 Å². The molecule has 0 radical (unpaired) electrons. The van der Waals surface area contributed by atoms with Crippen molar-refractivity contribution in [3.63, 3.8) is 0 Å². The first-order valence-electron chi connectivity index (χ1n) is 8.15. The lowest BCUT2D eigenvalue weighted by atomic mass is 10.2. The Morgan fingerprint density at radius 2 is 2.08 bits per heavy atom. The molecule has 0 spiro atoms. The highest BCUT2D eigenvalue weighted by molar-refractivity contribution is 7.08. The van der Waals surface area contributed by atoms with E-state index in [0.717, 1.165) is 54.8 Å². The molecule has 24 heavy (non-hydrogen) atoms. The largest absolute Gasteiger partial charge is 0.354 e. The summed E-state index contributed by atoms with van der Waals surface area (Å²) in [5.74, 6) is 0.878. The summed E-state index contributed by atoms with van der Waals surface area (Å²) in [4.78, 5) is 21.9. The van der Waals surface area contributed by atoms with Crippen LogP contribution in [0.25, 0.3) is 0 Å². The molecule has 128 valence electrons. The summed E-state index contributed by atoms with van der Waals surface area (Å²) in [5.41, 5.74) is 1.73. The molecule has 3 rings (SSSR count). The van der Waals surface area contributed by atoms with E-state index in [1.54, 1.807) is 0 Å². The van der Waals surface area contributed by atoms with Crippen molar-refractivity contribution in [2.24, 2.45) is 0 Å². The van der Waals surface area contributed by atoms with Crippen LogP contribution < -0.4 is 10.2 Å². The van der Waals surface area contributed by atoms with Gasteiger partial charge in [-0.15, -0.1) is 5.10 Å². The van der Waals surface area contributed by atoms with Gasteiger partial charge in [0.25, 0.3) is 5.91 Å². The van der Waals surface area contributed by atoms with Crippen LogP contribution in [0.3, 0.4) is 0 Å². The number of hydrogen-bond acceptors (Lipinski definition) is 7. The van der Waals surface area contributed by atoms with Gasteiger partial charge in [0.05, 0.1) is 5.69 Å². The predicted octanol–water partition coefficient (Wildman–Crippen LogP) is 1.18. The SMILES string of the molecule is CCc1nnsc1C(=O)NCc1ccc(N2CCN(C)CC2)nc1. The zero-order valence-electron chi connectivity index (χ0n) is 14.0. The molecule has 1 amide bonds. The van der Waals surface area contributed by atoms with E-state index < -0.39 is 0 Å². The second-order valence-electron chi connectivity index (χ2n) is 5.90. The Bertz CT molecular complexity index is 678. The molecule has 0 atom stereocenters. The van der Waals surface area contributed by atoms with Gasteiger partial charge in [0.2, 0.25) is 0 Å². The first-order valence-corrected chi connectivity index (χ1v) is 8.92. The van der Waals surface area contributed by atoms with E-state index in [4.69, 9.17) is 0 Å². The molecule has 8 heteroatoms. The van der Waals surface area contributed by atoms with Crippen LogP contribution in [0.15, 0.2) is 18.3 Å². The van der Waals surface area contributed by atoms with Gasteiger partial charge >= 0.3 is 0 Å². The normalized spacial score (nSPS) is 15.5. The summed E-state index contributed by atoms with van der Waals surface area (Å²) in [7, 11) is 2.14. The molecule has 1 N–H and O–H groups in total. The van der Waals surface area contributed by atoms with Crippen LogP contribution in [0.4, 0.5) is 5.82 Å². The highest BCUT2D eigenvalue weighted by Crippen LogP contribution is 2.14. The number of likely N-dealkylation sites (N-methyl/N-ethyl adjacent to an activating group) is 1. The van der Waals surface area contributed by atoms with Crippen LogP contribution in [0, 0.1) is 0 Å². The lowest BCUT2D eigenvalue weighted by molar-refractivity contribution is 0.0954. The molecular weight excluding hydrogens is 324 g/mol. The Balaban J connectivity index is 1.55. The average Bonchev–Trinajstić information content (AvgIpc) is 3.10. The van der Waals surface area contributed by atoms with E-state index >= 15 is 0 Å². The molecule has 1 aliphatic rings. The monoisotopic (exact) mass is 346 g/mol. The summed E-state index contributed by atoms with van der Waals surface area (Å²) < 4.78 is 3.85. The molecule has 1 saturated heterocycles. The zero-order valence-corrected chi connectivity index (χ0v) is 14.8. The van der Waals surface area contributed by atoms with Crippen molar-refractivity contribution in [3.8, 4) is 0 Å². The zero-order chi connectivity index (χ0) is 16.9. The van der Waals surface area contributed by atoms with Gasteiger partial charge in [-0.25, -0.2) is 4.98 Å². The van der Waals surface area contributed by atoms with Crippen LogP contribution in [-0.4, -0.2) is 58.6 Å². The number of anilines is 1. The van der Waals surface area contributed by atoms with E-state index in [9.17, 15) is 4.79 Å². The number of hydrogen-bond donors (Lipinski definition) is 1. The lowest BCUT2D eigenvalue weighted by Crippen LogP contribution is -2.44. The van der Waals surface area contributed by atoms with Gasteiger partial charge in [0.1, 0.15) is 10.7 Å². The van der Waals surface area contributed by atoms with Crippen LogP contribution in [0.2, 0.25) is 0 Å². The number of nitrogens with one attached hydrogen (secondary N) is 1. The third-order valence-corrected chi connectivity index (χ3v) is 4.95. The number of aryl methyl sites for hydroxylation is 1. The van der Waals surface area contributed by atoms with Gasteiger partial charge in [-0.2, -0.15) is 0 Å². The first-order chi connectivity index (χ1) is 11.7. The molecule has 0 unspecified atom stereocenters. The predicted molar refractivity (Wildman–Crippen MR) is 94.4 cm³/mol. The quantitative estimate of drug-likeness (QED) is 0.876. The van der Waals surface area contributed by atoms with E-state index in [1.807, 2.05) is 25.3 Å². The van der Waals surface area contributed by atoms with Crippen LogP contribution in [-0.2, 0) is 13.0 Å². The van der Waals surface area contributed by atoms with Gasteiger partial charge in [0, 0.05) is 38.9 Å². The summed E-state index contributed by atoms with van der Waals surface area (Å²) in [6.45, 7) is 6.53. The minimum Gasteiger partial charge on any atom is -0.354 e. The molecule has 1 aliphatic heterocycles. The maximum atomic E-state index is 12.2. The molecular formula is C16H22N6OS. The van der Waals surface area contributed by atoms with Crippen molar-refractivity contribution in [1.82, 2.24) is 24.8 Å². The highest BCUT2D eigenvalue weighted by atomic mass is 32.1. The summed E-state index contributed by atoms with van der Waals surface area (Å²) >= 11 is 1.14. The van der Waals surface area contributed by atoms with E-state index in [-0.39, 0.29) is 5.91 Å². The number of pyridine rings is 1. The first kappa shape index (κ1) is 16.8. The molecule has 0 aliphatic carbocycles. The number of carbonyl (C=O) groups is 1. The van der Waals surface area contributed by atoms with Gasteiger partial charge < -0.3 is 15.1 Å².